The second kappa shape index (κ2) is 9.28. The zero-order valence-electron chi connectivity index (χ0n) is 20.0. The highest BCUT2D eigenvalue weighted by atomic mass is 32.2. The van der Waals surface area contributed by atoms with Gasteiger partial charge in [0.2, 0.25) is 0 Å². The SMILES string of the molecule is O=S(=O)(COc1ccc(-c2cc3cc4ccc(cc5nc(cc6nc(cc2[nH]3)C=C6)C=C5)[nH]4)cc1)C(F)(F)F. The van der Waals surface area contributed by atoms with Gasteiger partial charge in [-0.3, -0.25) is 0 Å². The summed E-state index contributed by atoms with van der Waals surface area (Å²) in [4.78, 5) is 16.0. The first-order chi connectivity index (χ1) is 18.6. The van der Waals surface area contributed by atoms with Gasteiger partial charge in [0, 0.05) is 27.6 Å². The van der Waals surface area contributed by atoms with Crippen molar-refractivity contribution in [2.45, 2.75) is 5.51 Å². The van der Waals surface area contributed by atoms with E-state index in [1.54, 1.807) is 12.1 Å². The molecule has 0 saturated carbocycles. The van der Waals surface area contributed by atoms with Gasteiger partial charge in [-0.05, 0) is 84.5 Å². The Bertz CT molecular complexity index is 1920. The van der Waals surface area contributed by atoms with Crippen LogP contribution in [0.2, 0.25) is 0 Å². The first-order valence-corrected chi connectivity index (χ1v) is 13.4. The molecule has 0 aliphatic carbocycles. The molecule has 0 spiro atoms. The molecule has 6 rings (SSSR count). The predicted molar refractivity (Wildman–Crippen MR) is 145 cm³/mol. The van der Waals surface area contributed by atoms with E-state index in [4.69, 9.17) is 4.74 Å². The predicted octanol–water partition coefficient (Wildman–Crippen LogP) is 6.59. The molecular formula is C28H19F3N4O3S. The molecule has 39 heavy (non-hydrogen) atoms. The van der Waals surface area contributed by atoms with Gasteiger partial charge in [-0.1, -0.05) is 12.1 Å². The Hall–Kier alpha value is -4.64. The molecule has 3 aromatic heterocycles. The lowest BCUT2D eigenvalue weighted by Crippen LogP contribution is -2.28. The van der Waals surface area contributed by atoms with Gasteiger partial charge in [0.15, 0.2) is 5.94 Å². The fourth-order valence-electron chi connectivity index (χ4n) is 4.20. The standard InChI is InChI=1S/C28H19F3N4O3S/c29-28(30,31)39(36,37)16-38-25-9-1-17(2-10-25)26-14-24-13-22-6-5-20(33-22)11-18-3-4-19(32-18)12-21-7-8-23(34-21)15-27(26)35-24/h1-15,33,35H,16H2. The number of sulfone groups is 1. The van der Waals surface area contributed by atoms with Crippen molar-refractivity contribution in [3.05, 3.63) is 89.5 Å². The maximum atomic E-state index is 12.6. The van der Waals surface area contributed by atoms with Crippen molar-refractivity contribution >= 4 is 56.2 Å². The van der Waals surface area contributed by atoms with Gasteiger partial charge < -0.3 is 14.7 Å². The van der Waals surface area contributed by atoms with Gasteiger partial charge in [0.25, 0.3) is 9.84 Å². The quantitative estimate of drug-likeness (QED) is 0.259. The van der Waals surface area contributed by atoms with Crippen LogP contribution in [0.15, 0.2) is 66.7 Å². The molecule has 0 atom stereocenters. The van der Waals surface area contributed by atoms with Gasteiger partial charge in [-0.25, -0.2) is 18.4 Å². The monoisotopic (exact) mass is 548 g/mol. The van der Waals surface area contributed by atoms with Crippen molar-refractivity contribution < 1.29 is 26.3 Å². The highest BCUT2D eigenvalue weighted by Crippen LogP contribution is 2.30. The Morgan fingerprint density at radius 1 is 0.692 bits per heavy atom. The Kier molecular flexibility index (Phi) is 5.87. The zero-order valence-corrected chi connectivity index (χ0v) is 20.8. The third kappa shape index (κ3) is 5.21. The number of halogens is 3. The molecule has 2 aliphatic heterocycles. The second-order valence-corrected chi connectivity index (χ2v) is 10.9. The van der Waals surface area contributed by atoms with Crippen LogP contribution in [-0.2, 0) is 9.84 Å². The third-order valence-corrected chi connectivity index (χ3v) is 7.20. The van der Waals surface area contributed by atoms with Crippen molar-refractivity contribution in [1.29, 1.82) is 0 Å². The first-order valence-electron chi connectivity index (χ1n) is 11.7. The van der Waals surface area contributed by atoms with Crippen molar-refractivity contribution in [2.24, 2.45) is 0 Å². The third-order valence-electron chi connectivity index (χ3n) is 6.07. The molecule has 4 aromatic rings. The largest absolute Gasteiger partial charge is 0.500 e. The van der Waals surface area contributed by atoms with E-state index in [2.05, 4.69) is 19.9 Å². The number of H-pyrrole nitrogens is 2. The minimum atomic E-state index is -5.39. The number of fused-ring (bicyclic) bond motifs is 8. The van der Waals surface area contributed by atoms with E-state index in [0.717, 1.165) is 56.0 Å². The Morgan fingerprint density at radius 3 is 1.92 bits per heavy atom. The zero-order chi connectivity index (χ0) is 27.2. The van der Waals surface area contributed by atoms with Crippen molar-refractivity contribution in [3.63, 3.8) is 0 Å². The molecular weight excluding hydrogens is 529 g/mol. The first kappa shape index (κ1) is 24.7. The number of nitrogens with one attached hydrogen (secondary N) is 2. The fraction of sp³-hybridized carbons (Fsp3) is 0.0714. The van der Waals surface area contributed by atoms with Crippen LogP contribution in [0.25, 0.3) is 57.5 Å². The lowest BCUT2D eigenvalue weighted by atomic mass is 10.1. The average molecular weight is 549 g/mol. The second-order valence-electron chi connectivity index (χ2n) is 8.94. The van der Waals surface area contributed by atoms with Crippen LogP contribution in [0.5, 0.6) is 5.75 Å². The van der Waals surface area contributed by atoms with Crippen LogP contribution in [-0.4, -0.2) is 39.8 Å². The molecule has 0 radical (unpaired) electrons. The Morgan fingerprint density at radius 2 is 1.28 bits per heavy atom. The molecule has 1 aromatic carbocycles. The number of benzene rings is 1. The number of alkyl halides is 3. The number of aromatic nitrogens is 4. The number of nitrogens with zero attached hydrogens (tertiary/aromatic N) is 2. The maximum Gasteiger partial charge on any atom is 0.500 e. The molecule has 5 heterocycles. The minimum absolute atomic E-state index is 0.00197. The van der Waals surface area contributed by atoms with Gasteiger partial charge in [-0.2, -0.15) is 13.2 Å². The van der Waals surface area contributed by atoms with E-state index in [-0.39, 0.29) is 5.75 Å². The summed E-state index contributed by atoms with van der Waals surface area (Å²) in [5, 5.41) is 0. The number of ether oxygens (including phenoxy) is 1. The Labute approximate surface area is 220 Å². The van der Waals surface area contributed by atoms with Crippen LogP contribution in [0.3, 0.4) is 0 Å². The van der Waals surface area contributed by atoms with Crippen molar-refractivity contribution in [2.75, 3.05) is 5.94 Å². The molecule has 196 valence electrons. The number of rotatable bonds is 4. The van der Waals surface area contributed by atoms with E-state index in [9.17, 15) is 21.6 Å². The fourth-order valence-corrected chi connectivity index (χ4v) is 4.63. The van der Waals surface area contributed by atoms with Gasteiger partial charge >= 0.3 is 5.51 Å². The molecule has 8 bridgehead atoms. The summed E-state index contributed by atoms with van der Waals surface area (Å²) in [5.74, 6) is -1.49. The van der Waals surface area contributed by atoms with Gasteiger partial charge in [0.1, 0.15) is 5.75 Å². The van der Waals surface area contributed by atoms with E-state index in [1.165, 1.54) is 12.1 Å². The number of aromatic amines is 2. The topological polar surface area (TPSA) is 101 Å². The molecule has 2 aliphatic rings. The van der Waals surface area contributed by atoms with Crippen LogP contribution >= 0.6 is 0 Å². The van der Waals surface area contributed by atoms with E-state index in [0.29, 0.717) is 0 Å². The van der Waals surface area contributed by atoms with Crippen LogP contribution in [0, 0.1) is 0 Å². The summed E-state index contributed by atoms with van der Waals surface area (Å²) >= 11 is 0. The highest BCUT2D eigenvalue weighted by molar-refractivity contribution is 7.92. The number of hydrogen-bond donors (Lipinski definition) is 2. The summed E-state index contributed by atoms with van der Waals surface area (Å²) in [6.45, 7) is 0. The average Bonchev–Trinajstić information content (AvgIpc) is 3.68. The number of hydrogen-bond acceptors (Lipinski definition) is 5. The summed E-state index contributed by atoms with van der Waals surface area (Å²) in [5.41, 5.74) is 2.62. The smallest absolute Gasteiger partial charge is 0.477 e. The highest BCUT2D eigenvalue weighted by Gasteiger charge is 2.46. The summed E-state index contributed by atoms with van der Waals surface area (Å²) in [6.07, 6.45) is 7.66. The maximum absolute atomic E-state index is 12.6. The summed E-state index contributed by atoms with van der Waals surface area (Å²) in [7, 11) is -5.39. The van der Waals surface area contributed by atoms with E-state index >= 15 is 0 Å². The summed E-state index contributed by atoms with van der Waals surface area (Å²) < 4.78 is 65.3. The summed E-state index contributed by atoms with van der Waals surface area (Å²) in [6, 6.07) is 19.7. The van der Waals surface area contributed by atoms with Crippen LogP contribution < -0.4 is 4.74 Å². The molecule has 0 amide bonds. The minimum Gasteiger partial charge on any atom is -0.477 e. The van der Waals surface area contributed by atoms with Gasteiger partial charge in [-0.15, -0.1) is 0 Å². The normalized spacial score (nSPS) is 13.1. The molecule has 0 saturated heterocycles. The molecule has 0 fully saturated rings. The van der Waals surface area contributed by atoms with E-state index in [1.807, 2.05) is 66.8 Å². The molecule has 11 heteroatoms. The molecule has 7 nitrogen and oxygen atoms in total. The Balaban J connectivity index is 1.44. The van der Waals surface area contributed by atoms with Crippen LogP contribution in [0.1, 0.15) is 22.8 Å². The van der Waals surface area contributed by atoms with Gasteiger partial charge in [0.05, 0.1) is 22.8 Å². The lowest BCUT2D eigenvalue weighted by molar-refractivity contribution is -0.0448. The van der Waals surface area contributed by atoms with Crippen molar-refractivity contribution in [3.8, 4) is 16.9 Å². The van der Waals surface area contributed by atoms with Crippen molar-refractivity contribution in [1.82, 2.24) is 19.9 Å². The van der Waals surface area contributed by atoms with E-state index < -0.39 is 21.3 Å². The van der Waals surface area contributed by atoms with Crippen LogP contribution in [0.4, 0.5) is 13.2 Å². The molecule has 0 unspecified atom stereocenters. The lowest BCUT2D eigenvalue weighted by Gasteiger charge is -2.10. The molecule has 2 N–H and O–H groups in total.